The quantitative estimate of drug-likeness (QED) is 0.866. The number of hydrogen-bond acceptors (Lipinski definition) is 4. The van der Waals surface area contributed by atoms with Gasteiger partial charge in [-0.2, -0.15) is 0 Å². The van der Waals surface area contributed by atoms with E-state index in [-0.39, 0.29) is 11.3 Å². The molecule has 96 valence electrons. The predicted molar refractivity (Wildman–Crippen MR) is 70.7 cm³/mol. The van der Waals surface area contributed by atoms with Crippen molar-refractivity contribution in [3.05, 3.63) is 16.6 Å². The molecule has 0 aliphatic rings. The molecule has 0 fully saturated rings. The summed E-state index contributed by atoms with van der Waals surface area (Å²) < 4.78 is 0. The summed E-state index contributed by atoms with van der Waals surface area (Å²) in [5.41, 5.74) is 5.20. The number of carbonyl (C=O) groups excluding carboxylic acids is 1. The number of carbonyl (C=O) groups is 1. The van der Waals surface area contributed by atoms with Crippen molar-refractivity contribution in [2.75, 3.05) is 0 Å². The van der Waals surface area contributed by atoms with Gasteiger partial charge < -0.3 is 11.1 Å². The Labute approximate surface area is 107 Å². The molecule has 0 radical (unpaired) electrons. The Morgan fingerprint density at radius 2 is 2.00 bits per heavy atom. The van der Waals surface area contributed by atoms with Crippen LogP contribution in [0.2, 0.25) is 0 Å². The number of hydrogen-bond donors (Lipinski definition) is 2. The first-order chi connectivity index (χ1) is 7.64. The standard InChI is InChI=1S/C12H21N3OS/c1-11(2,3)8(13)9(16)15-12(4,5)10-14-6-7-17-10/h6-8H,13H2,1-5H3,(H,15,16). The second-order valence-corrected chi connectivity index (χ2v) is 6.69. The van der Waals surface area contributed by atoms with Crippen molar-refractivity contribution in [2.45, 2.75) is 46.2 Å². The Bertz CT molecular complexity index is 379. The Hall–Kier alpha value is -0.940. The molecule has 1 aromatic heterocycles. The molecule has 0 aliphatic heterocycles. The Morgan fingerprint density at radius 1 is 1.41 bits per heavy atom. The van der Waals surface area contributed by atoms with Crippen LogP contribution in [0.25, 0.3) is 0 Å². The van der Waals surface area contributed by atoms with Crippen LogP contribution in [0.5, 0.6) is 0 Å². The van der Waals surface area contributed by atoms with Crippen LogP contribution in [0.15, 0.2) is 11.6 Å². The lowest BCUT2D eigenvalue weighted by molar-refractivity contribution is -0.126. The Balaban J connectivity index is 2.75. The second-order valence-electron chi connectivity index (χ2n) is 5.80. The van der Waals surface area contributed by atoms with Crippen LogP contribution in [-0.2, 0) is 10.3 Å². The maximum absolute atomic E-state index is 12.0. The first-order valence-corrected chi connectivity index (χ1v) is 6.50. The van der Waals surface area contributed by atoms with E-state index in [0.29, 0.717) is 0 Å². The lowest BCUT2D eigenvalue weighted by Gasteiger charge is -2.31. The van der Waals surface area contributed by atoms with Crippen molar-refractivity contribution in [1.82, 2.24) is 10.3 Å². The third-order valence-electron chi connectivity index (χ3n) is 2.62. The van der Waals surface area contributed by atoms with Gasteiger partial charge in [0.15, 0.2) is 0 Å². The molecule has 3 N–H and O–H groups in total. The maximum atomic E-state index is 12.0. The predicted octanol–water partition coefficient (Wildman–Crippen LogP) is 1.87. The van der Waals surface area contributed by atoms with Gasteiger partial charge in [-0.05, 0) is 19.3 Å². The highest BCUT2D eigenvalue weighted by Gasteiger charge is 2.32. The molecule has 0 aromatic carbocycles. The van der Waals surface area contributed by atoms with Crippen LogP contribution >= 0.6 is 11.3 Å². The summed E-state index contributed by atoms with van der Waals surface area (Å²) in [6.07, 6.45) is 1.73. The summed E-state index contributed by atoms with van der Waals surface area (Å²) in [5, 5.41) is 5.73. The van der Waals surface area contributed by atoms with Gasteiger partial charge in [-0.3, -0.25) is 4.79 Å². The van der Waals surface area contributed by atoms with Crippen molar-refractivity contribution in [3.8, 4) is 0 Å². The van der Waals surface area contributed by atoms with Crippen molar-refractivity contribution < 1.29 is 4.79 Å². The minimum Gasteiger partial charge on any atom is -0.343 e. The summed E-state index contributed by atoms with van der Waals surface area (Å²) in [7, 11) is 0. The molecule has 0 saturated carbocycles. The summed E-state index contributed by atoms with van der Waals surface area (Å²) in [5.74, 6) is -0.141. The van der Waals surface area contributed by atoms with E-state index >= 15 is 0 Å². The van der Waals surface area contributed by atoms with Gasteiger partial charge in [-0.1, -0.05) is 20.8 Å². The van der Waals surface area contributed by atoms with Gasteiger partial charge in [0.25, 0.3) is 0 Å². The number of nitrogens with one attached hydrogen (secondary N) is 1. The number of aromatic nitrogens is 1. The molecule has 4 nitrogen and oxygen atoms in total. The average molecular weight is 255 g/mol. The van der Waals surface area contributed by atoms with Gasteiger partial charge in [0.1, 0.15) is 5.01 Å². The topological polar surface area (TPSA) is 68.0 Å². The molecule has 1 atom stereocenters. The molecule has 5 heteroatoms. The van der Waals surface area contributed by atoms with Crippen LogP contribution in [0.1, 0.15) is 39.6 Å². The fourth-order valence-electron chi connectivity index (χ4n) is 1.36. The van der Waals surface area contributed by atoms with E-state index in [2.05, 4.69) is 10.3 Å². The van der Waals surface area contributed by atoms with E-state index in [0.717, 1.165) is 5.01 Å². The van der Waals surface area contributed by atoms with E-state index in [4.69, 9.17) is 5.73 Å². The summed E-state index contributed by atoms with van der Waals surface area (Å²) in [6.45, 7) is 9.72. The molecular formula is C12H21N3OS. The number of nitrogens with zero attached hydrogens (tertiary/aromatic N) is 1. The third-order valence-corrected chi connectivity index (χ3v) is 3.71. The van der Waals surface area contributed by atoms with E-state index in [1.165, 1.54) is 11.3 Å². The minimum absolute atomic E-state index is 0.141. The number of nitrogens with two attached hydrogens (primary N) is 1. The number of thiazole rings is 1. The molecule has 1 rings (SSSR count). The molecule has 0 saturated heterocycles. The Kier molecular flexibility index (Phi) is 3.94. The molecular weight excluding hydrogens is 234 g/mol. The summed E-state index contributed by atoms with van der Waals surface area (Å²) >= 11 is 1.52. The normalized spacial score (nSPS) is 14.5. The zero-order chi connectivity index (χ0) is 13.3. The van der Waals surface area contributed by atoms with Crippen molar-refractivity contribution >= 4 is 17.2 Å². The van der Waals surface area contributed by atoms with Gasteiger partial charge in [0, 0.05) is 11.6 Å². The fraction of sp³-hybridized carbons (Fsp3) is 0.667. The van der Waals surface area contributed by atoms with E-state index in [9.17, 15) is 4.79 Å². The SMILES string of the molecule is CC(C)(NC(=O)C(N)C(C)(C)C)c1nccs1. The van der Waals surface area contributed by atoms with E-state index in [1.807, 2.05) is 40.0 Å². The molecule has 0 aliphatic carbocycles. The monoisotopic (exact) mass is 255 g/mol. The first-order valence-electron chi connectivity index (χ1n) is 5.62. The van der Waals surface area contributed by atoms with Crippen molar-refractivity contribution in [2.24, 2.45) is 11.1 Å². The fourth-order valence-corrected chi connectivity index (χ4v) is 2.08. The highest BCUT2D eigenvalue weighted by Crippen LogP contribution is 2.24. The van der Waals surface area contributed by atoms with Gasteiger partial charge in [0.05, 0.1) is 11.6 Å². The van der Waals surface area contributed by atoms with Crippen LogP contribution < -0.4 is 11.1 Å². The van der Waals surface area contributed by atoms with Gasteiger partial charge in [0.2, 0.25) is 5.91 Å². The summed E-state index contributed by atoms with van der Waals surface area (Å²) in [6, 6.07) is -0.526. The number of rotatable bonds is 3. The Morgan fingerprint density at radius 3 is 2.41 bits per heavy atom. The first kappa shape index (κ1) is 14.1. The third kappa shape index (κ3) is 3.51. The lowest BCUT2D eigenvalue weighted by atomic mass is 9.86. The van der Waals surface area contributed by atoms with Crippen LogP contribution in [-0.4, -0.2) is 16.9 Å². The molecule has 1 heterocycles. The van der Waals surface area contributed by atoms with Gasteiger partial charge >= 0.3 is 0 Å². The lowest BCUT2D eigenvalue weighted by Crippen LogP contribution is -2.53. The van der Waals surface area contributed by atoms with E-state index in [1.54, 1.807) is 6.20 Å². The van der Waals surface area contributed by atoms with Crippen molar-refractivity contribution in [3.63, 3.8) is 0 Å². The molecule has 0 spiro atoms. The second kappa shape index (κ2) is 4.74. The van der Waals surface area contributed by atoms with Gasteiger partial charge in [-0.25, -0.2) is 4.98 Å². The molecule has 1 aromatic rings. The highest BCUT2D eigenvalue weighted by atomic mass is 32.1. The molecule has 17 heavy (non-hydrogen) atoms. The molecule has 1 unspecified atom stereocenters. The van der Waals surface area contributed by atoms with Crippen LogP contribution in [0.3, 0.4) is 0 Å². The van der Waals surface area contributed by atoms with Crippen LogP contribution in [0.4, 0.5) is 0 Å². The minimum atomic E-state index is -0.526. The number of amides is 1. The molecule has 0 bridgehead atoms. The van der Waals surface area contributed by atoms with E-state index < -0.39 is 11.6 Å². The smallest absolute Gasteiger partial charge is 0.238 e. The average Bonchev–Trinajstić information content (AvgIpc) is 2.67. The molecule has 1 amide bonds. The largest absolute Gasteiger partial charge is 0.343 e. The maximum Gasteiger partial charge on any atom is 0.238 e. The zero-order valence-electron chi connectivity index (χ0n) is 11.1. The van der Waals surface area contributed by atoms with Crippen molar-refractivity contribution in [1.29, 1.82) is 0 Å². The summed E-state index contributed by atoms with van der Waals surface area (Å²) in [4.78, 5) is 16.3. The van der Waals surface area contributed by atoms with Gasteiger partial charge in [-0.15, -0.1) is 11.3 Å². The van der Waals surface area contributed by atoms with Crippen LogP contribution in [0, 0.1) is 5.41 Å². The zero-order valence-corrected chi connectivity index (χ0v) is 11.9. The highest BCUT2D eigenvalue weighted by molar-refractivity contribution is 7.09.